The number of hydrogen-bond donors (Lipinski definition) is 1. The lowest BCUT2D eigenvalue weighted by Crippen LogP contribution is -2.13. The van der Waals surface area contributed by atoms with Gasteiger partial charge in [0.15, 0.2) is 0 Å². The quantitative estimate of drug-likeness (QED) is 0.785. The molecule has 1 atom stereocenters. The lowest BCUT2D eigenvalue weighted by molar-refractivity contribution is 0.225. The minimum atomic E-state index is -2.96. The molecular weight excluding hydrogens is 352 g/mol. The van der Waals surface area contributed by atoms with Crippen molar-refractivity contribution in [1.29, 1.82) is 0 Å². The van der Waals surface area contributed by atoms with Crippen molar-refractivity contribution >= 4 is 9.84 Å². The zero-order chi connectivity index (χ0) is 18.7. The molecule has 0 fully saturated rings. The fourth-order valence-corrected chi connectivity index (χ4v) is 3.80. The number of fused-ring (bicyclic) bond motifs is 3. The van der Waals surface area contributed by atoms with Crippen LogP contribution in [0.3, 0.4) is 0 Å². The Labute approximate surface area is 154 Å². The van der Waals surface area contributed by atoms with E-state index >= 15 is 0 Å². The molecule has 3 rings (SSSR count). The van der Waals surface area contributed by atoms with E-state index in [0.717, 1.165) is 40.2 Å². The maximum atomic E-state index is 11.2. The predicted molar refractivity (Wildman–Crippen MR) is 101 cm³/mol. The topological polar surface area (TPSA) is 72.8 Å². The Kier molecular flexibility index (Phi) is 5.53. The van der Waals surface area contributed by atoms with E-state index in [9.17, 15) is 13.5 Å². The van der Waals surface area contributed by atoms with Gasteiger partial charge in [-0.2, -0.15) is 0 Å². The monoisotopic (exact) mass is 376 g/mol. The van der Waals surface area contributed by atoms with Crippen LogP contribution in [-0.4, -0.2) is 38.2 Å². The van der Waals surface area contributed by atoms with Crippen LogP contribution in [0, 0.1) is 0 Å². The van der Waals surface area contributed by atoms with Gasteiger partial charge in [-0.3, -0.25) is 0 Å². The Morgan fingerprint density at radius 3 is 2.73 bits per heavy atom. The molecule has 0 radical (unpaired) electrons. The van der Waals surface area contributed by atoms with Crippen LogP contribution in [0.5, 0.6) is 11.5 Å². The van der Waals surface area contributed by atoms with Crippen molar-refractivity contribution in [3.63, 3.8) is 0 Å². The summed E-state index contributed by atoms with van der Waals surface area (Å²) in [5.74, 6) is 1.67. The summed E-state index contributed by atoms with van der Waals surface area (Å²) >= 11 is 0. The molecule has 0 aliphatic carbocycles. The number of sulfone groups is 1. The Bertz CT molecular complexity index is 889. The average Bonchev–Trinajstić information content (AvgIpc) is 2.72. The molecule has 0 unspecified atom stereocenters. The Balaban J connectivity index is 1.84. The molecule has 1 heterocycles. The molecule has 1 aliphatic heterocycles. The number of aliphatic hydroxyl groups is 1. The molecular formula is C20H24O5S. The first-order valence-electron chi connectivity index (χ1n) is 8.70. The molecule has 0 bridgehead atoms. The Morgan fingerprint density at radius 2 is 2.00 bits per heavy atom. The summed E-state index contributed by atoms with van der Waals surface area (Å²) in [5, 5.41) is 9.43. The molecule has 2 aromatic rings. The Hall–Kier alpha value is -2.05. The summed E-state index contributed by atoms with van der Waals surface area (Å²) in [4.78, 5) is 0. The number of rotatable bonds is 6. The van der Waals surface area contributed by atoms with Crippen LogP contribution >= 0.6 is 0 Å². The fourth-order valence-electron chi connectivity index (χ4n) is 3.16. The van der Waals surface area contributed by atoms with Gasteiger partial charge in [0, 0.05) is 18.2 Å². The van der Waals surface area contributed by atoms with Gasteiger partial charge in [-0.15, -0.1) is 0 Å². The summed E-state index contributed by atoms with van der Waals surface area (Å²) in [6.45, 7) is 2.38. The second kappa shape index (κ2) is 7.68. The van der Waals surface area contributed by atoms with Gasteiger partial charge < -0.3 is 14.6 Å². The second-order valence-corrected chi connectivity index (χ2v) is 9.03. The highest BCUT2D eigenvalue weighted by atomic mass is 32.2. The zero-order valence-electron chi connectivity index (χ0n) is 15.1. The van der Waals surface area contributed by atoms with E-state index in [0.29, 0.717) is 13.0 Å². The standard InChI is InChI=1S/C20H24O5S/c1-14-10-16-12-17(24-8-3-9-26(2,22)23)5-6-18(16)19-11-15(13-21)4-7-20(19)25-14/h4-7,11-12,14,21H,3,8-10,13H2,1-2H3/t14-/m1/s1. The van der Waals surface area contributed by atoms with Crippen LogP contribution in [0.2, 0.25) is 0 Å². The SMILES string of the molecule is C[C@@H]1Cc2cc(OCCCS(C)(=O)=O)ccc2-c2cc(CO)ccc2O1. The largest absolute Gasteiger partial charge is 0.494 e. The van der Waals surface area contributed by atoms with E-state index in [1.807, 2.05) is 43.3 Å². The molecule has 6 heteroatoms. The second-order valence-electron chi connectivity index (χ2n) is 6.77. The number of ether oxygens (including phenoxy) is 2. The van der Waals surface area contributed by atoms with Gasteiger partial charge >= 0.3 is 0 Å². The third kappa shape index (κ3) is 4.56. The highest BCUT2D eigenvalue weighted by Crippen LogP contribution is 2.39. The van der Waals surface area contributed by atoms with Gasteiger partial charge in [-0.25, -0.2) is 8.42 Å². The van der Waals surface area contributed by atoms with Crippen molar-refractivity contribution in [1.82, 2.24) is 0 Å². The first kappa shape index (κ1) is 18.7. The van der Waals surface area contributed by atoms with Crippen LogP contribution in [0.4, 0.5) is 0 Å². The highest BCUT2D eigenvalue weighted by Gasteiger charge is 2.20. The van der Waals surface area contributed by atoms with E-state index < -0.39 is 9.84 Å². The highest BCUT2D eigenvalue weighted by molar-refractivity contribution is 7.90. The maximum Gasteiger partial charge on any atom is 0.147 e. The third-order valence-corrected chi connectivity index (χ3v) is 5.39. The van der Waals surface area contributed by atoms with Gasteiger partial charge in [0.05, 0.1) is 25.1 Å². The van der Waals surface area contributed by atoms with Crippen LogP contribution in [-0.2, 0) is 22.9 Å². The number of benzene rings is 2. The van der Waals surface area contributed by atoms with Gasteiger partial charge in [0.2, 0.25) is 0 Å². The molecule has 1 aliphatic rings. The van der Waals surface area contributed by atoms with Crippen LogP contribution in [0.1, 0.15) is 24.5 Å². The van der Waals surface area contributed by atoms with Crippen LogP contribution < -0.4 is 9.47 Å². The van der Waals surface area contributed by atoms with Gasteiger partial charge in [0.25, 0.3) is 0 Å². The summed E-state index contributed by atoms with van der Waals surface area (Å²) < 4.78 is 34.1. The molecule has 0 aromatic heterocycles. The van der Waals surface area contributed by atoms with Crippen molar-refractivity contribution in [2.75, 3.05) is 18.6 Å². The summed E-state index contributed by atoms with van der Waals surface area (Å²) in [6.07, 6.45) is 2.47. The van der Waals surface area contributed by atoms with Crippen molar-refractivity contribution in [2.45, 2.75) is 32.5 Å². The fraction of sp³-hybridized carbons (Fsp3) is 0.400. The zero-order valence-corrected chi connectivity index (χ0v) is 15.9. The molecule has 0 amide bonds. The Morgan fingerprint density at radius 1 is 1.19 bits per heavy atom. The third-order valence-electron chi connectivity index (χ3n) is 4.36. The molecule has 26 heavy (non-hydrogen) atoms. The van der Waals surface area contributed by atoms with E-state index in [1.165, 1.54) is 6.26 Å². The first-order chi connectivity index (χ1) is 12.4. The van der Waals surface area contributed by atoms with Crippen LogP contribution in [0.15, 0.2) is 36.4 Å². The number of hydrogen-bond acceptors (Lipinski definition) is 5. The van der Waals surface area contributed by atoms with Crippen molar-refractivity contribution < 1.29 is 23.0 Å². The lowest BCUT2D eigenvalue weighted by atomic mass is 9.95. The lowest BCUT2D eigenvalue weighted by Gasteiger charge is -2.13. The molecule has 140 valence electrons. The van der Waals surface area contributed by atoms with Crippen molar-refractivity contribution in [3.05, 3.63) is 47.5 Å². The van der Waals surface area contributed by atoms with Gasteiger partial charge in [-0.1, -0.05) is 12.1 Å². The summed E-state index contributed by atoms with van der Waals surface area (Å²) in [7, 11) is -2.96. The molecule has 0 saturated heterocycles. The van der Waals surface area contributed by atoms with Crippen molar-refractivity contribution in [2.24, 2.45) is 0 Å². The minimum Gasteiger partial charge on any atom is -0.494 e. The normalized spacial score (nSPS) is 16.2. The van der Waals surface area contributed by atoms with E-state index in [4.69, 9.17) is 9.47 Å². The summed E-state index contributed by atoms with van der Waals surface area (Å²) in [5.41, 5.74) is 4.00. The summed E-state index contributed by atoms with van der Waals surface area (Å²) in [6, 6.07) is 11.6. The maximum absolute atomic E-state index is 11.2. The molecule has 0 spiro atoms. The van der Waals surface area contributed by atoms with E-state index in [-0.39, 0.29) is 18.5 Å². The van der Waals surface area contributed by atoms with E-state index in [1.54, 1.807) is 0 Å². The van der Waals surface area contributed by atoms with Crippen molar-refractivity contribution in [3.8, 4) is 22.6 Å². The number of aliphatic hydroxyl groups excluding tert-OH is 1. The first-order valence-corrected chi connectivity index (χ1v) is 10.8. The predicted octanol–water partition coefficient (Wildman–Crippen LogP) is 2.98. The van der Waals surface area contributed by atoms with Gasteiger partial charge in [0.1, 0.15) is 21.3 Å². The molecule has 1 N–H and O–H groups in total. The molecule has 0 saturated carbocycles. The van der Waals surface area contributed by atoms with Gasteiger partial charge in [-0.05, 0) is 54.3 Å². The average molecular weight is 376 g/mol. The van der Waals surface area contributed by atoms with E-state index in [2.05, 4.69) is 0 Å². The van der Waals surface area contributed by atoms with Crippen LogP contribution in [0.25, 0.3) is 11.1 Å². The smallest absolute Gasteiger partial charge is 0.147 e. The minimum absolute atomic E-state index is 0.0142. The molecule has 2 aromatic carbocycles. The molecule has 5 nitrogen and oxygen atoms in total.